The molecule has 0 bridgehead atoms. The largest absolute Gasteiger partial charge is 0.493 e. The summed E-state index contributed by atoms with van der Waals surface area (Å²) in [5.41, 5.74) is 2.55. The number of benzene rings is 2. The zero-order valence-corrected chi connectivity index (χ0v) is 20.4. The van der Waals surface area contributed by atoms with Gasteiger partial charge in [0.1, 0.15) is 11.5 Å². The number of amides is 1. The van der Waals surface area contributed by atoms with Crippen molar-refractivity contribution in [3.8, 4) is 23.0 Å². The molecule has 0 aliphatic carbocycles. The van der Waals surface area contributed by atoms with Gasteiger partial charge in [-0.1, -0.05) is 34.5 Å². The summed E-state index contributed by atoms with van der Waals surface area (Å²) in [6.45, 7) is 3.83. The van der Waals surface area contributed by atoms with E-state index in [1.54, 1.807) is 50.1 Å². The van der Waals surface area contributed by atoms with Crippen molar-refractivity contribution in [2.24, 2.45) is 0 Å². The summed E-state index contributed by atoms with van der Waals surface area (Å²) in [4.78, 5) is 17.3. The van der Waals surface area contributed by atoms with Crippen LogP contribution >= 0.6 is 23.2 Å². The number of carbonyl (C=O) groups excluding carboxylic acids is 1. The number of anilines is 1. The van der Waals surface area contributed by atoms with Crippen molar-refractivity contribution in [2.75, 3.05) is 19.5 Å². The predicted octanol–water partition coefficient (Wildman–Crippen LogP) is 5.17. The van der Waals surface area contributed by atoms with Crippen LogP contribution in [0.3, 0.4) is 0 Å². The van der Waals surface area contributed by atoms with E-state index in [1.807, 2.05) is 19.1 Å². The van der Waals surface area contributed by atoms with Gasteiger partial charge in [-0.25, -0.2) is 9.67 Å². The molecule has 34 heavy (non-hydrogen) atoms. The Hall–Kier alpha value is -3.56. The number of halogens is 2. The van der Waals surface area contributed by atoms with Gasteiger partial charge in [0.25, 0.3) is 5.91 Å². The average molecular weight is 502 g/mol. The molecule has 0 atom stereocenters. The maximum absolute atomic E-state index is 12.7. The molecule has 11 heteroatoms. The number of oxazole rings is 1. The molecule has 1 N–H and O–H groups in total. The van der Waals surface area contributed by atoms with Crippen LogP contribution in [0.4, 0.5) is 5.69 Å². The van der Waals surface area contributed by atoms with Crippen LogP contribution in [-0.2, 0) is 6.54 Å². The van der Waals surface area contributed by atoms with Crippen LogP contribution in [0.15, 0.2) is 40.8 Å². The molecule has 0 aliphatic rings. The lowest BCUT2D eigenvalue weighted by molar-refractivity contribution is 0.102. The molecule has 1 amide bonds. The van der Waals surface area contributed by atoms with E-state index in [-0.39, 0.29) is 12.2 Å². The minimum absolute atomic E-state index is 0.182. The Morgan fingerprint density at radius 2 is 1.91 bits per heavy atom. The molecular weight excluding hydrogens is 481 g/mol. The highest BCUT2D eigenvalue weighted by Gasteiger charge is 2.21. The smallest absolute Gasteiger partial charge is 0.278 e. The van der Waals surface area contributed by atoms with E-state index in [1.165, 1.54) is 0 Å². The van der Waals surface area contributed by atoms with Crippen molar-refractivity contribution in [1.82, 2.24) is 20.0 Å². The highest BCUT2D eigenvalue weighted by molar-refractivity contribution is 6.42. The van der Waals surface area contributed by atoms with Gasteiger partial charge in [-0.2, -0.15) is 0 Å². The van der Waals surface area contributed by atoms with Crippen molar-refractivity contribution < 1.29 is 18.7 Å². The molecule has 2 aromatic carbocycles. The Bertz CT molecular complexity index is 1370. The van der Waals surface area contributed by atoms with Gasteiger partial charge in [-0.05, 0) is 44.2 Å². The number of nitrogens with zero attached hydrogens (tertiary/aromatic N) is 4. The minimum atomic E-state index is -0.416. The second-order valence-corrected chi connectivity index (χ2v) is 8.14. The van der Waals surface area contributed by atoms with Crippen LogP contribution in [0.5, 0.6) is 11.5 Å². The van der Waals surface area contributed by atoms with E-state index in [2.05, 4.69) is 20.6 Å². The molecule has 0 spiro atoms. The van der Waals surface area contributed by atoms with E-state index in [4.69, 9.17) is 37.1 Å². The van der Waals surface area contributed by atoms with Crippen LogP contribution in [0.25, 0.3) is 11.5 Å². The van der Waals surface area contributed by atoms with E-state index in [0.717, 1.165) is 0 Å². The number of aromatic nitrogens is 4. The lowest BCUT2D eigenvalue weighted by atomic mass is 10.2. The zero-order chi connectivity index (χ0) is 24.4. The fraction of sp³-hybridized carbons (Fsp3) is 0.217. The summed E-state index contributed by atoms with van der Waals surface area (Å²) >= 11 is 11.9. The van der Waals surface area contributed by atoms with Gasteiger partial charge in [0.15, 0.2) is 17.2 Å². The molecule has 4 aromatic rings. The molecule has 4 rings (SSSR count). The number of methoxy groups -OCH3 is 2. The van der Waals surface area contributed by atoms with Crippen LogP contribution < -0.4 is 14.8 Å². The van der Waals surface area contributed by atoms with E-state index in [9.17, 15) is 4.79 Å². The molecule has 2 aromatic heterocycles. The minimum Gasteiger partial charge on any atom is -0.493 e. The van der Waals surface area contributed by atoms with Gasteiger partial charge in [0, 0.05) is 5.69 Å². The van der Waals surface area contributed by atoms with Gasteiger partial charge in [-0.3, -0.25) is 4.79 Å². The molecule has 0 saturated heterocycles. The third-order valence-electron chi connectivity index (χ3n) is 5.20. The van der Waals surface area contributed by atoms with E-state index < -0.39 is 5.91 Å². The second-order valence-electron chi connectivity index (χ2n) is 7.33. The first-order valence-corrected chi connectivity index (χ1v) is 10.9. The third-order valence-corrected chi connectivity index (χ3v) is 5.94. The average Bonchev–Trinajstić information content (AvgIpc) is 3.38. The molecule has 0 unspecified atom stereocenters. The third kappa shape index (κ3) is 4.57. The van der Waals surface area contributed by atoms with Gasteiger partial charge in [0.05, 0.1) is 42.1 Å². The Balaban J connectivity index is 1.56. The first-order valence-electron chi connectivity index (χ1n) is 10.2. The number of hydrogen-bond donors (Lipinski definition) is 1. The summed E-state index contributed by atoms with van der Waals surface area (Å²) in [6.07, 6.45) is 0. The number of para-hydroxylation sites is 1. The summed E-state index contributed by atoms with van der Waals surface area (Å²) in [5, 5.41) is 11.6. The van der Waals surface area contributed by atoms with Gasteiger partial charge < -0.3 is 19.2 Å². The highest BCUT2D eigenvalue weighted by Crippen LogP contribution is 2.38. The summed E-state index contributed by atoms with van der Waals surface area (Å²) in [7, 11) is 3.12. The van der Waals surface area contributed by atoms with Crippen LogP contribution in [0, 0.1) is 13.8 Å². The van der Waals surface area contributed by atoms with Crippen molar-refractivity contribution in [3.63, 3.8) is 0 Å². The predicted molar refractivity (Wildman–Crippen MR) is 128 cm³/mol. The van der Waals surface area contributed by atoms with Crippen LogP contribution in [-0.4, -0.2) is 40.1 Å². The van der Waals surface area contributed by atoms with Crippen molar-refractivity contribution in [3.05, 3.63) is 69.3 Å². The van der Waals surface area contributed by atoms with Crippen molar-refractivity contribution in [1.29, 1.82) is 0 Å². The standard InChI is InChI=1S/C23H21Cl2N5O4/c1-12-20(22(31)26-14-8-9-16(24)17(25)10-14)28-29-30(12)11-18-13(2)34-23(27-18)15-6-5-7-19(32-3)21(15)33-4/h5-10H,11H2,1-4H3,(H,26,31). The molecule has 176 valence electrons. The Kier molecular flexibility index (Phi) is 6.76. The fourth-order valence-corrected chi connectivity index (χ4v) is 3.67. The van der Waals surface area contributed by atoms with Gasteiger partial charge in [-0.15, -0.1) is 5.10 Å². The summed E-state index contributed by atoms with van der Waals surface area (Å²) in [5.74, 6) is 1.68. The molecule has 0 fully saturated rings. The number of hydrogen-bond acceptors (Lipinski definition) is 7. The number of ether oxygens (including phenoxy) is 2. The van der Waals surface area contributed by atoms with Crippen LogP contribution in [0.2, 0.25) is 10.0 Å². The monoisotopic (exact) mass is 501 g/mol. The lowest BCUT2D eigenvalue weighted by Gasteiger charge is -2.09. The molecule has 0 aliphatic heterocycles. The first kappa shape index (κ1) is 23.6. The molecule has 9 nitrogen and oxygen atoms in total. The van der Waals surface area contributed by atoms with Gasteiger partial charge in [0.2, 0.25) is 5.89 Å². The SMILES string of the molecule is COc1cccc(-c2nc(Cn3nnc(C(=O)Nc4ccc(Cl)c(Cl)c4)c3C)c(C)o2)c1OC. The number of carbonyl (C=O) groups is 1. The van der Waals surface area contributed by atoms with Crippen molar-refractivity contribution in [2.45, 2.75) is 20.4 Å². The quantitative estimate of drug-likeness (QED) is 0.372. The van der Waals surface area contributed by atoms with Crippen molar-refractivity contribution >= 4 is 34.8 Å². The van der Waals surface area contributed by atoms with E-state index >= 15 is 0 Å². The Morgan fingerprint density at radius 3 is 2.62 bits per heavy atom. The number of aryl methyl sites for hydroxylation is 1. The summed E-state index contributed by atoms with van der Waals surface area (Å²) < 4.78 is 18.3. The normalized spacial score (nSPS) is 10.9. The number of rotatable bonds is 7. The zero-order valence-electron chi connectivity index (χ0n) is 18.8. The Labute approximate surface area is 205 Å². The van der Waals surface area contributed by atoms with Crippen LogP contribution in [0.1, 0.15) is 27.6 Å². The maximum Gasteiger partial charge on any atom is 0.278 e. The number of nitrogens with one attached hydrogen (secondary N) is 1. The highest BCUT2D eigenvalue weighted by atomic mass is 35.5. The second kappa shape index (κ2) is 9.74. The van der Waals surface area contributed by atoms with Gasteiger partial charge >= 0.3 is 0 Å². The maximum atomic E-state index is 12.7. The molecule has 0 saturated carbocycles. The van der Waals surface area contributed by atoms with E-state index in [0.29, 0.717) is 55.8 Å². The summed E-state index contributed by atoms with van der Waals surface area (Å²) in [6, 6.07) is 10.3. The Morgan fingerprint density at radius 1 is 1.12 bits per heavy atom. The molecule has 2 heterocycles. The fourth-order valence-electron chi connectivity index (χ4n) is 3.37. The molecule has 0 radical (unpaired) electrons. The first-order chi connectivity index (χ1) is 16.3. The molecular formula is C23H21Cl2N5O4. The lowest BCUT2D eigenvalue weighted by Crippen LogP contribution is -2.14. The topological polar surface area (TPSA) is 104 Å².